The minimum Gasteiger partial charge on any atom is -0.477 e. The Hall–Kier alpha value is -0.920. The van der Waals surface area contributed by atoms with E-state index in [-0.39, 0.29) is 9.77 Å². The lowest BCUT2D eigenvalue weighted by Crippen LogP contribution is -2.24. The minimum atomic E-state index is -3.68. The van der Waals surface area contributed by atoms with Gasteiger partial charge in [0.2, 0.25) is 10.0 Å². The summed E-state index contributed by atoms with van der Waals surface area (Å²) < 4.78 is 24.6. The van der Waals surface area contributed by atoms with Crippen molar-refractivity contribution in [2.24, 2.45) is 0 Å². The van der Waals surface area contributed by atoms with Crippen LogP contribution in [0.5, 0.6) is 0 Å². The number of sulfonamides is 1. The summed E-state index contributed by atoms with van der Waals surface area (Å²) in [5, 5.41) is 10.4. The van der Waals surface area contributed by atoms with E-state index in [1.807, 2.05) is 0 Å². The van der Waals surface area contributed by atoms with E-state index in [0.717, 1.165) is 15.6 Å². The molecule has 0 aromatic carbocycles. The second-order valence-electron chi connectivity index (χ2n) is 3.17. The maximum Gasteiger partial charge on any atom is 0.347 e. The molecule has 1 heterocycles. The van der Waals surface area contributed by atoms with Crippen LogP contribution >= 0.6 is 11.3 Å². The zero-order valence-electron chi connectivity index (χ0n) is 8.51. The van der Waals surface area contributed by atoms with Gasteiger partial charge in [-0.25, -0.2) is 17.5 Å². The topological polar surface area (TPSA) is 74.7 Å². The average molecular weight is 249 g/mol. The van der Waals surface area contributed by atoms with Crippen LogP contribution in [-0.2, 0) is 10.0 Å². The van der Waals surface area contributed by atoms with Gasteiger partial charge in [0.1, 0.15) is 9.77 Å². The first kappa shape index (κ1) is 12.2. The molecule has 1 N–H and O–H groups in total. The van der Waals surface area contributed by atoms with Crippen LogP contribution in [0.15, 0.2) is 10.3 Å². The van der Waals surface area contributed by atoms with Gasteiger partial charge in [-0.2, -0.15) is 0 Å². The maximum atomic E-state index is 11.8. The van der Waals surface area contributed by atoms with Gasteiger partial charge in [0.05, 0.1) is 0 Å². The summed E-state index contributed by atoms with van der Waals surface area (Å²) in [5.41, 5.74) is 0.464. The van der Waals surface area contributed by atoms with Gasteiger partial charge in [-0.3, -0.25) is 0 Å². The molecule has 0 fully saturated rings. The fourth-order valence-corrected chi connectivity index (χ4v) is 3.55. The van der Waals surface area contributed by atoms with E-state index < -0.39 is 16.0 Å². The molecule has 7 heteroatoms. The molecule has 1 rings (SSSR count). The second-order valence-corrected chi connectivity index (χ2v) is 6.14. The third-order valence-electron chi connectivity index (χ3n) is 1.85. The minimum absolute atomic E-state index is 0.106. The highest BCUT2D eigenvalue weighted by molar-refractivity contribution is 7.89. The van der Waals surface area contributed by atoms with E-state index in [1.54, 1.807) is 6.92 Å². The van der Waals surface area contributed by atoms with E-state index in [9.17, 15) is 13.2 Å². The Bertz CT molecular complexity index is 487. The van der Waals surface area contributed by atoms with Gasteiger partial charge < -0.3 is 5.11 Å². The predicted molar refractivity (Wildman–Crippen MR) is 56.9 cm³/mol. The van der Waals surface area contributed by atoms with Gasteiger partial charge >= 0.3 is 5.97 Å². The van der Waals surface area contributed by atoms with Gasteiger partial charge in [0.25, 0.3) is 0 Å². The van der Waals surface area contributed by atoms with Crippen molar-refractivity contribution in [2.75, 3.05) is 14.1 Å². The number of carboxylic acids is 1. The van der Waals surface area contributed by atoms with Crippen LogP contribution in [0.1, 0.15) is 15.2 Å². The summed E-state index contributed by atoms with van der Waals surface area (Å²) in [7, 11) is -0.931. The molecule has 0 bridgehead atoms. The van der Waals surface area contributed by atoms with Crippen molar-refractivity contribution in [1.29, 1.82) is 0 Å². The van der Waals surface area contributed by atoms with Crippen LogP contribution in [0.3, 0.4) is 0 Å². The number of thiophene rings is 1. The fraction of sp³-hybridized carbons (Fsp3) is 0.375. The number of nitrogens with zero attached hydrogens (tertiary/aromatic N) is 1. The first-order valence-electron chi connectivity index (χ1n) is 4.02. The van der Waals surface area contributed by atoms with Crippen LogP contribution in [0.25, 0.3) is 0 Å². The fourth-order valence-electron chi connectivity index (χ4n) is 1.08. The van der Waals surface area contributed by atoms with Crippen molar-refractivity contribution in [3.8, 4) is 0 Å². The van der Waals surface area contributed by atoms with Crippen LogP contribution in [0.4, 0.5) is 0 Å². The molecular weight excluding hydrogens is 238 g/mol. The van der Waals surface area contributed by atoms with Gasteiger partial charge in [-0.05, 0) is 17.9 Å². The summed E-state index contributed by atoms with van der Waals surface area (Å²) in [4.78, 5) is 10.6. The Morgan fingerprint density at radius 1 is 1.47 bits per heavy atom. The van der Waals surface area contributed by atoms with Gasteiger partial charge in [-0.15, -0.1) is 11.3 Å². The third kappa shape index (κ3) is 2.04. The molecule has 1 aromatic heterocycles. The lowest BCUT2D eigenvalue weighted by molar-refractivity contribution is 0.0698. The molecule has 0 unspecified atom stereocenters. The smallest absolute Gasteiger partial charge is 0.347 e. The summed E-state index contributed by atoms with van der Waals surface area (Å²) in [6, 6.07) is 0. The van der Waals surface area contributed by atoms with Crippen molar-refractivity contribution >= 4 is 27.3 Å². The standard InChI is InChI=1S/C8H11NO4S2/c1-5-4-14-6(8(10)11)7(5)15(12,13)9(2)3/h4H,1-3H3,(H,10,11). The Morgan fingerprint density at radius 2 is 2.00 bits per heavy atom. The summed E-state index contributed by atoms with van der Waals surface area (Å²) in [6.07, 6.45) is 0. The Kier molecular flexibility index (Phi) is 3.17. The van der Waals surface area contributed by atoms with Crippen molar-refractivity contribution in [3.63, 3.8) is 0 Å². The van der Waals surface area contributed by atoms with Crippen LogP contribution in [0, 0.1) is 6.92 Å². The van der Waals surface area contributed by atoms with E-state index in [4.69, 9.17) is 5.11 Å². The molecule has 1 aromatic rings. The molecule has 0 spiro atoms. The molecule has 0 saturated heterocycles. The highest BCUT2D eigenvalue weighted by atomic mass is 32.2. The lowest BCUT2D eigenvalue weighted by atomic mass is 10.3. The van der Waals surface area contributed by atoms with Crippen LogP contribution < -0.4 is 0 Å². The molecule has 0 atom stereocenters. The molecule has 15 heavy (non-hydrogen) atoms. The highest BCUT2D eigenvalue weighted by Crippen LogP contribution is 2.28. The van der Waals surface area contributed by atoms with E-state index in [1.165, 1.54) is 19.5 Å². The highest BCUT2D eigenvalue weighted by Gasteiger charge is 2.28. The first-order valence-corrected chi connectivity index (χ1v) is 6.34. The zero-order valence-corrected chi connectivity index (χ0v) is 10.1. The van der Waals surface area contributed by atoms with E-state index in [0.29, 0.717) is 5.56 Å². The molecule has 0 aliphatic carbocycles. The van der Waals surface area contributed by atoms with Crippen molar-refractivity contribution in [3.05, 3.63) is 15.8 Å². The Morgan fingerprint density at radius 3 is 2.40 bits per heavy atom. The largest absolute Gasteiger partial charge is 0.477 e. The second kappa shape index (κ2) is 3.92. The molecule has 0 amide bonds. The zero-order chi connectivity index (χ0) is 11.8. The monoisotopic (exact) mass is 249 g/mol. The number of carbonyl (C=O) groups is 1. The molecule has 84 valence electrons. The molecule has 0 aliphatic rings. The number of hydrogen-bond acceptors (Lipinski definition) is 4. The Balaban J connectivity index is 3.50. The molecule has 0 radical (unpaired) electrons. The molecule has 5 nitrogen and oxygen atoms in total. The van der Waals surface area contributed by atoms with Gasteiger partial charge in [-0.1, -0.05) is 0 Å². The first-order chi connectivity index (χ1) is 6.78. The van der Waals surface area contributed by atoms with Gasteiger partial charge in [0, 0.05) is 14.1 Å². The lowest BCUT2D eigenvalue weighted by Gasteiger charge is -2.11. The number of carboxylic acid groups (broad SMARTS) is 1. The quantitative estimate of drug-likeness (QED) is 0.867. The number of rotatable bonds is 3. The molecule has 0 saturated carbocycles. The van der Waals surface area contributed by atoms with E-state index >= 15 is 0 Å². The Labute approximate surface area is 92.0 Å². The average Bonchev–Trinajstić information content (AvgIpc) is 2.47. The van der Waals surface area contributed by atoms with Crippen molar-refractivity contribution in [1.82, 2.24) is 4.31 Å². The number of aromatic carboxylic acids is 1. The predicted octanol–water partition coefficient (Wildman–Crippen LogP) is 1.01. The van der Waals surface area contributed by atoms with Crippen molar-refractivity contribution in [2.45, 2.75) is 11.8 Å². The molecule has 0 aliphatic heterocycles. The maximum absolute atomic E-state index is 11.8. The van der Waals surface area contributed by atoms with Crippen molar-refractivity contribution < 1.29 is 18.3 Å². The normalized spacial score (nSPS) is 12.0. The SMILES string of the molecule is Cc1csc(C(=O)O)c1S(=O)(=O)N(C)C. The summed E-state index contributed by atoms with van der Waals surface area (Å²) >= 11 is 0.923. The van der Waals surface area contributed by atoms with Crippen LogP contribution in [-0.4, -0.2) is 37.9 Å². The third-order valence-corrected chi connectivity index (χ3v) is 5.07. The number of aryl methyl sites for hydroxylation is 1. The number of hydrogen-bond donors (Lipinski definition) is 1. The molecular formula is C8H11NO4S2. The van der Waals surface area contributed by atoms with Crippen LogP contribution in [0.2, 0.25) is 0 Å². The summed E-state index contributed by atoms with van der Waals surface area (Å²) in [6.45, 7) is 1.58. The van der Waals surface area contributed by atoms with E-state index in [2.05, 4.69) is 0 Å². The summed E-state index contributed by atoms with van der Waals surface area (Å²) in [5.74, 6) is -1.21. The van der Waals surface area contributed by atoms with Gasteiger partial charge in [0.15, 0.2) is 0 Å².